The fourth-order valence-electron chi connectivity index (χ4n) is 3.59. The molecule has 0 aliphatic heterocycles. The lowest BCUT2D eigenvalue weighted by atomic mass is 10.1. The van der Waals surface area contributed by atoms with Crippen LogP contribution >= 0.6 is 11.3 Å². The zero-order chi connectivity index (χ0) is 26.9. The third kappa shape index (κ3) is 6.88. The van der Waals surface area contributed by atoms with Crippen LogP contribution in [0.3, 0.4) is 0 Å². The molecule has 0 atom stereocenters. The molecule has 0 aliphatic carbocycles. The topological polar surface area (TPSA) is 117 Å². The fraction of sp³-hybridized carbons (Fsp3) is 0.385. The molecule has 1 aromatic heterocycles. The smallest absolute Gasteiger partial charge is 0.326 e. The maximum atomic E-state index is 13.4. The van der Waals surface area contributed by atoms with Gasteiger partial charge in [0.15, 0.2) is 16.3 Å². The second-order valence-corrected chi connectivity index (χ2v) is 8.67. The third-order valence-electron chi connectivity index (χ3n) is 4.95. The highest BCUT2D eigenvalue weighted by Gasteiger charge is 2.19. The molecule has 1 N–H and O–H groups in total. The summed E-state index contributed by atoms with van der Waals surface area (Å²) in [4.78, 5) is 41.8. The number of esters is 1. The van der Waals surface area contributed by atoms with Gasteiger partial charge in [0.05, 0.1) is 36.6 Å². The number of anilines is 1. The van der Waals surface area contributed by atoms with Gasteiger partial charge >= 0.3 is 5.97 Å². The molecular weight excluding hydrogens is 498 g/mol. The number of carbonyl (C=O) groups excluding carboxylic acids is 3. The van der Waals surface area contributed by atoms with Crippen molar-refractivity contribution in [2.75, 3.05) is 31.7 Å². The van der Waals surface area contributed by atoms with Gasteiger partial charge in [-0.15, -0.1) is 0 Å². The summed E-state index contributed by atoms with van der Waals surface area (Å²) in [6.07, 6.45) is 0. The molecular formula is C26H31N3O7S. The molecule has 3 aromatic rings. The number of amides is 2. The van der Waals surface area contributed by atoms with E-state index in [0.29, 0.717) is 53.1 Å². The van der Waals surface area contributed by atoms with E-state index in [1.807, 2.05) is 20.8 Å². The van der Waals surface area contributed by atoms with E-state index in [-0.39, 0.29) is 24.6 Å². The quantitative estimate of drug-likeness (QED) is 0.371. The monoisotopic (exact) mass is 529 g/mol. The average Bonchev–Trinajstić information content (AvgIpc) is 3.16. The zero-order valence-electron chi connectivity index (χ0n) is 21.6. The summed E-state index contributed by atoms with van der Waals surface area (Å²) in [7, 11) is 0. The Morgan fingerprint density at radius 1 is 0.919 bits per heavy atom. The number of ether oxygens (including phenoxy) is 4. The van der Waals surface area contributed by atoms with Crippen LogP contribution < -0.4 is 24.3 Å². The summed E-state index contributed by atoms with van der Waals surface area (Å²) in [5.74, 6) is -0.0285. The Labute approximate surface area is 218 Å². The van der Waals surface area contributed by atoms with Crippen LogP contribution in [0.2, 0.25) is 0 Å². The number of aromatic nitrogens is 1. The largest absolute Gasteiger partial charge is 0.490 e. The molecule has 0 bridgehead atoms. The van der Waals surface area contributed by atoms with Crippen LogP contribution in [-0.4, -0.2) is 48.8 Å². The van der Waals surface area contributed by atoms with Gasteiger partial charge in [0.25, 0.3) is 5.91 Å². The van der Waals surface area contributed by atoms with Gasteiger partial charge in [0, 0.05) is 18.2 Å². The molecule has 3 rings (SSSR count). The highest BCUT2D eigenvalue weighted by Crippen LogP contribution is 2.39. The van der Waals surface area contributed by atoms with Crippen molar-refractivity contribution in [1.82, 2.24) is 4.57 Å². The Morgan fingerprint density at radius 2 is 1.57 bits per heavy atom. The minimum atomic E-state index is -0.545. The Hall–Kier alpha value is -3.86. The lowest BCUT2D eigenvalue weighted by molar-refractivity contribution is -0.143. The molecule has 0 radical (unpaired) electrons. The van der Waals surface area contributed by atoms with Crippen molar-refractivity contribution in [2.45, 2.75) is 41.2 Å². The van der Waals surface area contributed by atoms with Gasteiger partial charge in [0.1, 0.15) is 6.54 Å². The molecule has 2 amide bonds. The van der Waals surface area contributed by atoms with Gasteiger partial charge in [0.2, 0.25) is 11.7 Å². The van der Waals surface area contributed by atoms with E-state index in [9.17, 15) is 14.4 Å². The highest BCUT2D eigenvalue weighted by molar-refractivity contribution is 7.16. The zero-order valence-corrected chi connectivity index (χ0v) is 22.4. The standard InChI is InChI=1S/C26H31N3O7S/c1-6-33-20-12-17(13-21(34-7-2)24(20)36-9-4)25(32)28-26-29(15-23(31)35-8-3)19-11-10-18(27-16(5)30)14-22(19)37-26/h10-14H,6-9,15H2,1-5H3,(H,27,30). The summed E-state index contributed by atoms with van der Waals surface area (Å²) in [6.45, 7) is 9.89. The molecule has 0 unspecified atom stereocenters. The fourth-order valence-corrected chi connectivity index (χ4v) is 4.66. The lowest BCUT2D eigenvalue weighted by Crippen LogP contribution is -2.23. The molecule has 10 nitrogen and oxygen atoms in total. The molecule has 37 heavy (non-hydrogen) atoms. The van der Waals surface area contributed by atoms with Crippen LogP contribution in [0.5, 0.6) is 17.2 Å². The molecule has 0 fully saturated rings. The van der Waals surface area contributed by atoms with Crippen molar-refractivity contribution in [1.29, 1.82) is 0 Å². The minimum Gasteiger partial charge on any atom is -0.490 e. The van der Waals surface area contributed by atoms with E-state index < -0.39 is 11.9 Å². The molecule has 0 aliphatic rings. The summed E-state index contributed by atoms with van der Waals surface area (Å²) >= 11 is 1.22. The first-order valence-corrected chi connectivity index (χ1v) is 12.8. The number of rotatable bonds is 11. The molecule has 2 aromatic carbocycles. The summed E-state index contributed by atoms with van der Waals surface area (Å²) in [5, 5.41) is 2.73. The first kappa shape index (κ1) is 27.7. The van der Waals surface area contributed by atoms with Crippen LogP contribution in [-0.2, 0) is 20.9 Å². The van der Waals surface area contributed by atoms with E-state index in [1.165, 1.54) is 18.3 Å². The van der Waals surface area contributed by atoms with Crippen LogP contribution in [0.25, 0.3) is 10.2 Å². The number of nitrogens with zero attached hydrogens (tertiary/aromatic N) is 2. The van der Waals surface area contributed by atoms with E-state index in [1.54, 1.807) is 41.8 Å². The molecule has 11 heteroatoms. The van der Waals surface area contributed by atoms with Gasteiger partial charge in [-0.25, -0.2) is 0 Å². The number of hydrogen-bond donors (Lipinski definition) is 1. The summed E-state index contributed by atoms with van der Waals surface area (Å²) in [5.41, 5.74) is 1.52. The van der Waals surface area contributed by atoms with E-state index in [0.717, 1.165) is 4.70 Å². The lowest BCUT2D eigenvalue weighted by Gasteiger charge is -2.16. The molecule has 1 heterocycles. The van der Waals surface area contributed by atoms with Gasteiger partial charge in [-0.1, -0.05) is 11.3 Å². The number of thiazole rings is 1. The van der Waals surface area contributed by atoms with Crippen molar-refractivity contribution in [3.63, 3.8) is 0 Å². The average molecular weight is 530 g/mol. The Balaban J connectivity index is 2.14. The maximum absolute atomic E-state index is 13.4. The number of benzene rings is 2. The SMILES string of the molecule is CCOC(=O)Cn1c(=NC(=O)c2cc(OCC)c(OCC)c(OCC)c2)sc2cc(NC(C)=O)ccc21. The maximum Gasteiger partial charge on any atom is 0.326 e. The van der Waals surface area contributed by atoms with Crippen molar-refractivity contribution < 1.29 is 33.3 Å². The highest BCUT2D eigenvalue weighted by atomic mass is 32.1. The van der Waals surface area contributed by atoms with E-state index in [2.05, 4.69) is 10.3 Å². The van der Waals surface area contributed by atoms with E-state index >= 15 is 0 Å². The Bertz CT molecular complexity index is 1330. The van der Waals surface area contributed by atoms with Gasteiger partial charge < -0.3 is 28.8 Å². The Kier molecular flexibility index (Phi) is 9.67. The van der Waals surface area contributed by atoms with Crippen LogP contribution in [0.1, 0.15) is 45.0 Å². The van der Waals surface area contributed by atoms with Crippen molar-refractivity contribution >= 4 is 45.0 Å². The molecule has 0 saturated heterocycles. The van der Waals surface area contributed by atoms with Crippen LogP contribution in [0, 0.1) is 0 Å². The van der Waals surface area contributed by atoms with Crippen LogP contribution in [0.4, 0.5) is 5.69 Å². The first-order chi connectivity index (χ1) is 17.8. The van der Waals surface area contributed by atoms with Crippen LogP contribution in [0.15, 0.2) is 35.3 Å². The predicted molar refractivity (Wildman–Crippen MR) is 141 cm³/mol. The van der Waals surface area contributed by atoms with Crippen molar-refractivity contribution in [2.24, 2.45) is 4.99 Å². The number of fused-ring (bicyclic) bond motifs is 1. The number of carbonyl (C=O) groups is 3. The van der Waals surface area contributed by atoms with Gasteiger partial charge in [-0.2, -0.15) is 4.99 Å². The van der Waals surface area contributed by atoms with E-state index in [4.69, 9.17) is 18.9 Å². The predicted octanol–water partition coefficient (Wildman–Crippen LogP) is 4.16. The second kappa shape index (κ2) is 12.9. The number of nitrogens with one attached hydrogen (secondary N) is 1. The summed E-state index contributed by atoms with van der Waals surface area (Å²) in [6, 6.07) is 8.39. The normalized spacial score (nSPS) is 11.3. The minimum absolute atomic E-state index is 0.128. The second-order valence-electron chi connectivity index (χ2n) is 7.66. The van der Waals surface area contributed by atoms with Gasteiger partial charge in [-0.05, 0) is 58.0 Å². The third-order valence-corrected chi connectivity index (χ3v) is 5.99. The summed E-state index contributed by atoms with van der Waals surface area (Å²) < 4.78 is 24.6. The van der Waals surface area contributed by atoms with Crippen molar-refractivity contribution in [3.05, 3.63) is 40.7 Å². The van der Waals surface area contributed by atoms with Gasteiger partial charge in [-0.3, -0.25) is 14.4 Å². The molecule has 0 saturated carbocycles. The first-order valence-electron chi connectivity index (χ1n) is 12.0. The molecule has 0 spiro atoms. The number of hydrogen-bond acceptors (Lipinski definition) is 8. The Morgan fingerprint density at radius 3 is 2.14 bits per heavy atom. The van der Waals surface area contributed by atoms with Crippen molar-refractivity contribution in [3.8, 4) is 17.2 Å². The molecule has 198 valence electrons.